The zero-order chi connectivity index (χ0) is 13.5. The average molecular weight is 298 g/mol. The van der Waals surface area contributed by atoms with Gasteiger partial charge in [-0.3, -0.25) is 4.79 Å². The van der Waals surface area contributed by atoms with E-state index in [2.05, 4.69) is 29.0 Å². The van der Waals surface area contributed by atoms with Crippen molar-refractivity contribution in [2.45, 2.75) is 25.2 Å². The molecule has 0 aliphatic heterocycles. The normalized spacial score (nSPS) is 18.1. The minimum atomic E-state index is 0.0673. The number of benzene rings is 1. The number of Topliss-reactive ketones (excluding diaryl/α,β-unsaturated/α-hetero) is 1. The third-order valence-electron chi connectivity index (χ3n) is 4.11. The van der Waals surface area contributed by atoms with E-state index < -0.39 is 0 Å². The maximum Gasteiger partial charge on any atom is 0.171 e. The molecular weight excluding hydrogens is 284 g/mol. The highest BCUT2D eigenvalue weighted by molar-refractivity contribution is 7.17. The molecule has 0 bridgehead atoms. The SMILES string of the molecule is O=C(c1cccc2ccsc12)C1CCCc2sccc21. The fourth-order valence-corrected chi connectivity index (χ4v) is 5.04. The van der Waals surface area contributed by atoms with E-state index in [1.807, 2.05) is 12.1 Å². The van der Waals surface area contributed by atoms with Crippen molar-refractivity contribution >= 4 is 38.5 Å². The lowest BCUT2D eigenvalue weighted by Gasteiger charge is -2.21. The zero-order valence-electron chi connectivity index (χ0n) is 11.0. The molecule has 0 fully saturated rings. The van der Waals surface area contributed by atoms with E-state index in [0.717, 1.165) is 29.5 Å². The van der Waals surface area contributed by atoms with Gasteiger partial charge in [0, 0.05) is 21.1 Å². The monoisotopic (exact) mass is 298 g/mol. The van der Waals surface area contributed by atoms with Crippen molar-refractivity contribution in [2.75, 3.05) is 0 Å². The molecule has 2 heterocycles. The van der Waals surface area contributed by atoms with Crippen LogP contribution in [0.3, 0.4) is 0 Å². The van der Waals surface area contributed by atoms with E-state index in [-0.39, 0.29) is 5.92 Å². The first-order valence-electron chi connectivity index (χ1n) is 6.91. The van der Waals surface area contributed by atoms with Gasteiger partial charge in [0.05, 0.1) is 0 Å². The average Bonchev–Trinajstić information content (AvgIpc) is 3.13. The molecule has 1 aromatic carbocycles. The number of rotatable bonds is 2. The van der Waals surface area contributed by atoms with Crippen LogP contribution in [0.1, 0.15) is 39.6 Å². The van der Waals surface area contributed by atoms with Gasteiger partial charge in [0.2, 0.25) is 0 Å². The summed E-state index contributed by atoms with van der Waals surface area (Å²) < 4.78 is 1.14. The predicted octanol–water partition coefficient (Wildman–Crippen LogP) is 5.27. The van der Waals surface area contributed by atoms with Crippen LogP contribution < -0.4 is 0 Å². The van der Waals surface area contributed by atoms with Crippen molar-refractivity contribution in [3.63, 3.8) is 0 Å². The van der Waals surface area contributed by atoms with Gasteiger partial charge in [0.1, 0.15) is 0 Å². The summed E-state index contributed by atoms with van der Waals surface area (Å²) in [6.45, 7) is 0. The first kappa shape index (κ1) is 12.3. The lowest BCUT2D eigenvalue weighted by atomic mass is 9.82. The fourth-order valence-electron chi connectivity index (χ4n) is 3.13. The summed E-state index contributed by atoms with van der Waals surface area (Å²) >= 11 is 3.47. The Morgan fingerprint density at radius 3 is 2.95 bits per heavy atom. The molecule has 0 radical (unpaired) electrons. The second-order valence-corrected chi connectivity index (χ2v) is 7.17. The minimum absolute atomic E-state index is 0.0673. The maximum atomic E-state index is 13.0. The lowest BCUT2D eigenvalue weighted by Crippen LogP contribution is -2.17. The third-order valence-corrected chi connectivity index (χ3v) is 6.07. The van der Waals surface area contributed by atoms with E-state index in [0.29, 0.717) is 5.78 Å². The first-order valence-corrected chi connectivity index (χ1v) is 8.67. The summed E-state index contributed by atoms with van der Waals surface area (Å²) in [5.74, 6) is 0.370. The Morgan fingerprint density at radius 2 is 2.00 bits per heavy atom. The van der Waals surface area contributed by atoms with Gasteiger partial charge in [-0.1, -0.05) is 12.1 Å². The van der Waals surface area contributed by atoms with Gasteiger partial charge in [0.25, 0.3) is 0 Å². The van der Waals surface area contributed by atoms with Crippen LogP contribution in [0.4, 0.5) is 0 Å². The number of fused-ring (bicyclic) bond motifs is 2. The molecule has 2 aromatic heterocycles. The molecule has 0 spiro atoms. The van der Waals surface area contributed by atoms with E-state index in [9.17, 15) is 4.79 Å². The molecule has 0 saturated carbocycles. The van der Waals surface area contributed by atoms with Gasteiger partial charge in [-0.05, 0) is 59.2 Å². The van der Waals surface area contributed by atoms with Gasteiger partial charge >= 0.3 is 0 Å². The summed E-state index contributed by atoms with van der Waals surface area (Å²) in [6.07, 6.45) is 3.26. The standard InChI is InChI=1S/C17H14OS2/c18-16(13-4-2-6-15-12(13)8-10-19-15)14-5-1-3-11-7-9-20-17(11)14/h1,3,5,7-10,13H,2,4,6H2. The van der Waals surface area contributed by atoms with E-state index in [4.69, 9.17) is 0 Å². The minimum Gasteiger partial charge on any atom is -0.293 e. The van der Waals surface area contributed by atoms with Crippen molar-refractivity contribution in [3.05, 3.63) is 57.1 Å². The Bertz CT molecular complexity index is 781. The van der Waals surface area contributed by atoms with Gasteiger partial charge in [-0.25, -0.2) is 0 Å². The van der Waals surface area contributed by atoms with Gasteiger partial charge < -0.3 is 0 Å². The Balaban J connectivity index is 1.81. The maximum absolute atomic E-state index is 13.0. The van der Waals surface area contributed by atoms with Crippen LogP contribution in [0.5, 0.6) is 0 Å². The number of thiophene rings is 2. The number of ketones is 1. The molecule has 0 N–H and O–H groups in total. The smallest absolute Gasteiger partial charge is 0.171 e. The third kappa shape index (κ3) is 1.85. The Kier molecular flexibility index (Phi) is 2.97. The van der Waals surface area contributed by atoms with Crippen LogP contribution in [0.15, 0.2) is 41.1 Å². The van der Waals surface area contributed by atoms with Crippen LogP contribution in [0.2, 0.25) is 0 Å². The molecule has 3 aromatic rings. The Hall–Kier alpha value is -1.45. The highest BCUT2D eigenvalue weighted by Crippen LogP contribution is 2.38. The second kappa shape index (κ2) is 4.83. The summed E-state index contributed by atoms with van der Waals surface area (Å²) in [6, 6.07) is 10.3. The van der Waals surface area contributed by atoms with Crippen LogP contribution in [-0.4, -0.2) is 5.78 Å². The van der Waals surface area contributed by atoms with Gasteiger partial charge in [0.15, 0.2) is 5.78 Å². The Morgan fingerprint density at radius 1 is 1.10 bits per heavy atom. The lowest BCUT2D eigenvalue weighted by molar-refractivity contribution is 0.0953. The van der Waals surface area contributed by atoms with Crippen molar-refractivity contribution in [1.82, 2.24) is 0 Å². The topological polar surface area (TPSA) is 17.1 Å². The molecular formula is C17H14OS2. The molecule has 1 aliphatic carbocycles. The van der Waals surface area contributed by atoms with E-state index in [1.165, 1.54) is 15.8 Å². The first-order chi connectivity index (χ1) is 9.84. The molecule has 1 aliphatic rings. The predicted molar refractivity (Wildman–Crippen MR) is 86.2 cm³/mol. The summed E-state index contributed by atoms with van der Waals surface area (Å²) in [7, 11) is 0. The van der Waals surface area contributed by atoms with Crippen LogP contribution in [0, 0.1) is 0 Å². The quantitative estimate of drug-likeness (QED) is 0.589. The molecule has 0 saturated heterocycles. The number of aryl methyl sites for hydroxylation is 1. The van der Waals surface area contributed by atoms with Crippen LogP contribution in [-0.2, 0) is 6.42 Å². The van der Waals surface area contributed by atoms with Gasteiger partial charge in [-0.15, -0.1) is 22.7 Å². The Labute approximate surface area is 125 Å². The highest BCUT2D eigenvalue weighted by Gasteiger charge is 2.29. The molecule has 0 amide bonds. The second-order valence-electron chi connectivity index (χ2n) is 5.25. The number of hydrogen-bond donors (Lipinski definition) is 0. The van der Waals surface area contributed by atoms with Crippen LogP contribution in [0.25, 0.3) is 10.1 Å². The number of carbonyl (C=O) groups is 1. The molecule has 1 unspecified atom stereocenters. The van der Waals surface area contributed by atoms with Crippen molar-refractivity contribution in [3.8, 4) is 0 Å². The largest absolute Gasteiger partial charge is 0.293 e. The van der Waals surface area contributed by atoms with Crippen molar-refractivity contribution in [1.29, 1.82) is 0 Å². The fraction of sp³-hybridized carbons (Fsp3) is 0.235. The molecule has 1 atom stereocenters. The zero-order valence-corrected chi connectivity index (χ0v) is 12.6. The molecule has 100 valence electrons. The van der Waals surface area contributed by atoms with Crippen molar-refractivity contribution in [2.24, 2.45) is 0 Å². The molecule has 1 nitrogen and oxygen atoms in total. The summed E-state index contributed by atoms with van der Waals surface area (Å²) in [5, 5.41) is 5.38. The van der Waals surface area contributed by atoms with Crippen molar-refractivity contribution < 1.29 is 4.79 Å². The summed E-state index contributed by atoms with van der Waals surface area (Å²) in [5.41, 5.74) is 2.18. The molecule has 20 heavy (non-hydrogen) atoms. The van der Waals surface area contributed by atoms with E-state index >= 15 is 0 Å². The van der Waals surface area contributed by atoms with Gasteiger partial charge in [-0.2, -0.15) is 0 Å². The number of carbonyl (C=O) groups excluding carboxylic acids is 1. The van der Waals surface area contributed by atoms with Crippen LogP contribution >= 0.6 is 22.7 Å². The summed E-state index contributed by atoms with van der Waals surface area (Å²) in [4.78, 5) is 14.4. The highest BCUT2D eigenvalue weighted by atomic mass is 32.1. The number of hydrogen-bond acceptors (Lipinski definition) is 3. The molecule has 4 rings (SSSR count). The van der Waals surface area contributed by atoms with E-state index in [1.54, 1.807) is 22.7 Å². The molecule has 3 heteroatoms.